The molecule has 0 saturated carbocycles. The summed E-state index contributed by atoms with van der Waals surface area (Å²) in [6.45, 7) is 0.212. The molecule has 0 fully saturated rings. The summed E-state index contributed by atoms with van der Waals surface area (Å²) in [7, 11) is 0. The lowest BCUT2D eigenvalue weighted by atomic mass is 10.3. The zero-order valence-corrected chi connectivity index (χ0v) is 9.75. The summed E-state index contributed by atoms with van der Waals surface area (Å²) < 4.78 is 39.5. The lowest BCUT2D eigenvalue weighted by Gasteiger charge is -2.08. The van der Waals surface area contributed by atoms with Crippen LogP contribution in [0.15, 0.2) is 18.3 Å². The molecule has 0 unspecified atom stereocenters. The Morgan fingerprint density at radius 1 is 1.50 bits per heavy atom. The Bertz CT molecular complexity index is 408. The molecule has 7 heteroatoms. The van der Waals surface area contributed by atoms with Gasteiger partial charge in [0, 0.05) is 6.20 Å². The molecule has 0 bridgehead atoms. The molecular formula is C11H13F3N2O2. The van der Waals surface area contributed by atoms with E-state index in [1.807, 2.05) is 6.92 Å². The van der Waals surface area contributed by atoms with Gasteiger partial charge in [-0.15, -0.1) is 0 Å². The molecule has 0 atom stereocenters. The first-order valence-electron chi connectivity index (χ1n) is 5.24. The summed E-state index contributed by atoms with van der Waals surface area (Å²) in [5.41, 5.74) is 0.925. The highest BCUT2D eigenvalue weighted by atomic mass is 19.4. The number of carbonyl (C=O) groups is 1. The molecule has 1 aromatic rings. The molecule has 0 saturated heterocycles. The number of hydrogen-bond acceptors (Lipinski definition) is 3. The third-order valence-corrected chi connectivity index (χ3v) is 1.92. The van der Waals surface area contributed by atoms with Gasteiger partial charge in [0.2, 0.25) is 5.91 Å². The highest BCUT2D eigenvalue weighted by Gasteiger charge is 2.27. The second-order valence-electron chi connectivity index (χ2n) is 3.68. The van der Waals surface area contributed by atoms with Gasteiger partial charge in [0.15, 0.2) is 0 Å². The molecule has 0 spiro atoms. The highest BCUT2D eigenvalue weighted by Crippen LogP contribution is 2.14. The fourth-order valence-corrected chi connectivity index (χ4v) is 1.16. The van der Waals surface area contributed by atoms with Gasteiger partial charge in [-0.05, 0) is 24.6 Å². The van der Waals surface area contributed by atoms with Crippen LogP contribution < -0.4 is 5.32 Å². The number of pyridine rings is 1. The number of nitrogens with one attached hydrogen (secondary N) is 1. The zero-order chi connectivity index (χ0) is 13.6. The number of amides is 1. The van der Waals surface area contributed by atoms with Crippen LogP contribution in [0.4, 0.5) is 19.0 Å². The van der Waals surface area contributed by atoms with Crippen LogP contribution in [0.2, 0.25) is 0 Å². The average molecular weight is 262 g/mol. The first kappa shape index (κ1) is 14.4. The summed E-state index contributed by atoms with van der Waals surface area (Å²) in [6, 6.07) is 3.43. The van der Waals surface area contributed by atoms with Crippen molar-refractivity contribution in [2.45, 2.75) is 19.5 Å². The number of anilines is 1. The minimum absolute atomic E-state index is 0.147. The van der Waals surface area contributed by atoms with Crippen LogP contribution in [0.5, 0.6) is 0 Å². The number of carbonyl (C=O) groups excluding carboxylic acids is 1. The highest BCUT2D eigenvalue weighted by molar-refractivity contribution is 5.89. The number of nitrogens with zero attached hydrogens (tertiary/aromatic N) is 1. The Hall–Kier alpha value is -1.63. The molecule has 0 aliphatic carbocycles. The zero-order valence-electron chi connectivity index (χ0n) is 9.75. The van der Waals surface area contributed by atoms with Gasteiger partial charge >= 0.3 is 6.18 Å². The van der Waals surface area contributed by atoms with E-state index in [0.717, 1.165) is 5.56 Å². The van der Waals surface area contributed by atoms with Crippen LogP contribution in [-0.4, -0.2) is 30.3 Å². The maximum absolute atomic E-state index is 11.7. The number of rotatable bonds is 5. The first-order valence-corrected chi connectivity index (χ1v) is 5.24. The van der Waals surface area contributed by atoms with Crippen LogP contribution >= 0.6 is 0 Å². The van der Waals surface area contributed by atoms with Gasteiger partial charge in [-0.3, -0.25) is 4.79 Å². The van der Waals surface area contributed by atoms with Crippen molar-refractivity contribution in [2.24, 2.45) is 0 Å². The Morgan fingerprint density at radius 3 is 2.83 bits per heavy atom. The normalized spacial score (nSPS) is 11.3. The molecular weight excluding hydrogens is 249 g/mol. The Morgan fingerprint density at radius 2 is 2.22 bits per heavy atom. The molecule has 0 aliphatic rings. The third kappa shape index (κ3) is 6.19. The van der Waals surface area contributed by atoms with Crippen molar-refractivity contribution in [2.75, 3.05) is 18.5 Å². The second kappa shape index (κ2) is 6.34. The molecule has 1 amide bonds. The van der Waals surface area contributed by atoms with E-state index in [1.54, 1.807) is 12.1 Å². The van der Waals surface area contributed by atoms with Gasteiger partial charge in [-0.1, -0.05) is 0 Å². The third-order valence-electron chi connectivity index (χ3n) is 1.92. The average Bonchev–Trinajstić information content (AvgIpc) is 2.23. The largest absolute Gasteiger partial charge is 0.411 e. The Balaban J connectivity index is 2.26. The van der Waals surface area contributed by atoms with Crippen molar-refractivity contribution in [1.29, 1.82) is 0 Å². The van der Waals surface area contributed by atoms with Crippen molar-refractivity contribution in [3.05, 3.63) is 23.9 Å². The van der Waals surface area contributed by atoms with Crippen molar-refractivity contribution in [3.63, 3.8) is 0 Å². The summed E-state index contributed by atoms with van der Waals surface area (Å²) in [6.07, 6.45) is -2.98. The lowest BCUT2D eigenvalue weighted by Crippen LogP contribution is -2.20. The molecule has 4 nitrogen and oxygen atoms in total. The molecule has 18 heavy (non-hydrogen) atoms. The predicted molar refractivity (Wildman–Crippen MR) is 59.1 cm³/mol. The summed E-state index contributed by atoms with van der Waals surface area (Å²) in [4.78, 5) is 15.2. The molecule has 0 aromatic carbocycles. The predicted octanol–water partition coefficient (Wildman–Crippen LogP) is 2.30. The quantitative estimate of drug-likeness (QED) is 0.828. The van der Waals surface area contributed by atoms with Gasteiger partial charge in [0.25, 0.3) is 0 Å². The number of aryl methyl sites for hydroxylation is 1. The number of ether oxygens (including phenoxy) is 1. The topological polar surface area (TPSA) is 51.2 Å². The van der Waals surface area contributed by atoms with Crippen LogP contribution in [0.1, 0.15) is 12.0 Å². The monoisotopic (exact) mass is 262 g/mol. The number of halogens is 3. The van der Waals surface area contributed by atoms with E-state index >= 15 is 0 Å². The molecule has 1 heterocycles. The van der Waals surface area contributed by atoms with Gasteiger partial charge in [-0.25, -0.2) is 4.98 Å². The van der Waals surface area contributed by atoms with Crippen molar-refractivity contribution in [3.8, 4) is 0 Å². The van der Waals surface area contributed by atoms with Gasteiger partial charge in [0.05, 0.1) is 13.0 Å². The maximum Gasteiger partial charge on any atom is 0.411 e. The molecule has 1 aromatic heterocycles. The van der Waals surface area contributed by atoms with Gasteiger partial charge in [0.1, 0.15) is 12.4 Å². The summed E-state index contributed by atoms with van der Waals surface area (Å²) in [5.74, 6) is -0.0638. The summed E-state index contributed by atoms with van der Waals surface area (Å²) >= 11 is 0. The van der Waals surface area contributed by atoms with E-state index in [2.05, 4.69) is 15.0 Å². The molecule has 1 N–H and O–H groups in total. The van der Waals surface area contributed by atoms with Crippen molar-refractivity contribution < 1.29 is 22.7 Å². The van der Waals surface area contributed by atoms with Crippen LogP contribution in [-0.2, 0) is 9.53 Å². The van der Waals surface area contributed by atoms with Crippen LogP contribution in [0, 0.1) is 6.92 Å². The molecule has 0 radical (unpaired) electrons. The number of alkyl halides is 3. The molecule has 100 valence electrons. The maximum atomic E-state index is 11.7. The molecule has 0 aliphatic heterocycles. The van der Waals surface area contributed by atoms with Crippen molar-refractivity contribution >= 4 is 11.7 Å². The van der Waals surface area contributed by atoms with E-state index < -0.39 is 18.7 Å². The van der Waals surface area contributed by atoms with E-state index in [4.69, 9.17) is 0 Å². The van der Waals surface area contributed by atoms with Crippen molar-refractivity contribution in [1.82, 2.24) is 4.98 Å². The lowest BCUT2D eigenvalue weighted by molar-refractivity contribution is -0.174. The first-order chi connectivity index (χ1) is 8.37. The minimum Gasteiger partial charge on any atom is -0.372 e. The molecule has 1 rings (SSSR count). The number of aromatic nitrogens is 1. The smallest absolute Gasteiger partial charge is 0.372 e. The van der Waals surface area contributed by atoms with E-state index in [0.29, 0.717) is 5.82 Å². The van der Waals surface area contributed by atoms with Crippen LogP contribution in [0.3, 0.4) is 0 Å². The van der Waals surface area contributed by atoms with Gasteiger partial charge < -0.3 is 10.1 Å². The van der Waals surface area contributed by atoms with E-state index in [-0.39, 0.29) is 13.0 Å². The second-order valence-corrected chi connectivity index (χ2v) is 3.68. The van der Waals surface area contributed by atoms with Gasteiger partial charge in [-0.2, -0.15) is 13.2 Å². The standard InChI is InChI=1S/C11H13F3N2O2/c1-8-2-4-15-9(6-8)16-10(17)3-5-18-7-11(12,13)14/h2,4,6H,3,5,7H2,1H3,(H,15,16,17). The fraction of sp³-hybridized carbons (Fsp3) is 0.455. The summed E-state index contributed by atoms with van der Waals surface area (Å²) in [5, 5.41) is 2.47. The SMILES string of the molecule is Cc1ccnc(NC(=O)CCOCC(F)(F)F)c1. The van der Waals surface area contributed by atoms with Crippen LogP contribution in [0.25, 0.3) is 0 Å². The minimum atomic E-state index is -4.37. The van der Waals surface area contributed by atoms with E-state index in [9.17, 15) is 18.0 Å². The Labute approximate surface area is 102 Å². The fourth-order valence-electron chi connectivity index (χ4n) is 1.16. The Kier molecular flexibility index (Phi) is 5.08. The van der Waals surface area contributed by atoms with E-state index in [1.165, 1.54) is 6.20 Å². The number of hydrogen-bond donors (Lipinski definition) is 1.